The van der Waals surface area contributed by atoms with Crippen molar-refractivity contribution in [1.82, 2.24) is 24.5 Å². The number of hydrogen-bond donors (Lipinski definition) is 2. The van der Waals surface area contributed by atoms with Crippen molar-refractivity contribution in [2.45, 2.75) is 13.0 Å². The number of aromatic nitrogens is 5. The van der Waals surface area contributed by atoms with Crippen LogP contribution in [0.3, 0.4) is 0 Å². The minimum atomic E-state index is -0.631. The Kier molecular flexibility index (Phi) is 4.43. The second-order valence-corrected chi connectivity index (χ2v) is 7.08. The molecular weight excluding hydrogens is 402 g/mol. The van der Waals surface area contributed by atoms with Gasteiger partial charge in [0.25, 0.3) is 5.56 Å². The van der Waals surface area contributed by atoms with Crippen molar-refractivity contribution >= 4 is 27.8 Å². The number of H-pyrrole nitrogens is 1. The number of rotatable bonds is 4. The molecule has 0 spiro atoms. The number of hydrogen-bond acceptors (Lipinski definition) is 5. The fourth-order valence-corrected chi connectivity index (χ4v) is 3.69. The fourth-order valence-electron chi connectivity index (χ4n) is 3.69. The molecule has 0 aliphatic heterocycles. The summed E-state index contributed by atoms with van der Waals surface area (Å²) in [5.41, 5.74) is 1.34. The largest absolute Gasteiger partial charge is 0.360 e. The average Bonchev–Trinajstić information content (AvgIpc) is 3.23. The highest BCUT2D eigenvalue weighted by molar-refractivity contribution is 5.84. The second kappa shape index (κ2) is 7.28. The number of aromatic amines is 1. The monoisotopic (exact) mass is 418 g/mol. The van der Waals surface area contributed by atoms with Crippen molar-refractivity contribution in [2.75, 3.05) is 5.32 Å². The van der Waals surface area contributed by atoms with E-state index in [2.05, 4.69) is 25.3 Å². The lowest BCUT2D eigenvalue weighted by molar-refractivity contribution is 0.625. The van der Waals surface area contributed by atoms with Gasteiger partial charge in [-0.2, -0.15) is 0 Å². The molecule has 0 aliphatic carbocycles. The van der Waals surface area contributed by atoms with Gasteiger partial charge in [0, 0.05) is 5.69 Å². The first kappa shape index (κ1) is 18.9. The molecule has 3 heterocycles. The van der Waals surface area contributed by atoms with Crippen molar-refractivity contribution in [3.8, 4) is 5.69 Å². The van der Waals surface area contributed by atoms with E-state index in [-0.39, 0.29) is 5.39 Å². The average molecular weight is 418 g/mol. The quantitative estimate of drug-likeness (QED) is 0.459. The van der Waals surface area contributed by atoms with Gasteiger partial charge < -0.3 is 10.3 Å². The minimum absolute atomic E-state index is 0.0561. The molecule has 0 amide bonds. The summed E-state index contributed by atoms with van der Waals surface area (Å²) in [5.74, 6) is -0.663. The third kappa shape index (κ3) is 3.20. The third-order valence-corrected chi connectivity index (χ3v) is 5.10. The van der Waals surface area contributed by atoms with E-state index in [4.69, 9.17) is 0 Å². The van der Waals surface area contributed by atoms with Gasteiger partial charge in [0.15, 0.2) is 11.5 Å². The van der Waals surface area contributed by atoms with Crippen molar-refractivity contribution in [1.29, 1.82) is 0 Å². The zero-order valence-electron chi connectivity index (χ0n) is 16.3. The Bertz CT molecular complexity index is 1490. The Hall–Kier alpha value is -4.14. The van der Waals surface area contributed by atoms with Gasteiger partial charge >= 0.3 is 0 Å². The maximum absolute atomic E-state index is 14.5. The first-order valence-corrected chi connectivity index (χ1v) is 9.53. The minimum Gasteiger partial charge on any atom is -0.360 e. The van der Waals surface area contributed by atoms with E-state index in [9.17, 15) is 13.6 Å². The van der Waals surface area contributed by atoms with Gasteiger partial charge in [-0.15, -0.1) is 0 Å². The summed E-state index contributed by atoms with van der Waals surface area (Å²) in [6.45, 7) is 1.83. The molecule has 0 saturated carbocycles. The van der Waals surface area contributed by atoms with Crippen LogP contribution in [0.5, 0.6) is 0 Å². The molecular formula is C22H16F2N6O. The molecule has 7 nitrogen and oxygen atoms in total. The molecule has 3 aromatic heterocycles. The van der Waals surface area contributed by atoms with E-state index in [1.165, 1.54) is 41.5 Å². The summed E-state index contributed by atoms with van der Waals surface area (Å²) < 4.78 is 29.8. The summed E-state index contributed by atoms with van der Waals surface area (Å²) in [5, 5.41) is 3.63. The molecule has 1 atom stereocenters. The van der Waals surface area contributed by atoms with Crippen LogP contribution in [0.4, 0.5) is 14.6 Å². The fraction of sp³-hybridized carbons (Fsp3) is 0.0909. The summed E-state index contributed by atoms with van der Waals surface area (Å²) in [4.78, 5) is 28.8. The van der Waals surface area contributed by atoms with Crippen LogP contribution >= 0.6 is 0 Å². The Morgan fingerprint density at radius 1 is 1.06 bits per heavy atom. The van der Waals surface area contributed by atoms with Crippen LogP contribution in [-0.2, 0) is 0 Å². The smallest absolute Gasteiger partial charge is 0.266 e. The van der Waals surface area contributed by atoms with Gasteiger partial charge in [-0.05, 0) is 42.6 Å². The molecule has 0 aliphatic rings. The molecule has 0 radical (unpaired) electrons. The van der Waals surface area contributed by atoms with Crippen LogP contribution in [0.1, 0.15) is 18.7 Å². The van der Waals surface area contributed by atoms with Gasteiger partial charge in [-0.25, -0.2) is 23.7 Å². The summed E-state index contributed by atoms with van der Waals surface area (Å²) in [6, 6.07) is 11.3. The van der Waals surface area contributed by atoms with Crippen LogP contribution in [0.25, 0.3) is 27.6 Å². The highest BCUT2D eigenvalue weighted by Gasteiger charge is 2.20. The molecule has 5 rings (SSSR count). The molecule has 9 heteroatoms. The first-order valence-electron chi connectivity index (χ1n) is 9.53. The number of pyridine rings is 1. The predicted octanol–water partition coefficient (Wildman–Crippen LogP) is 4.11. The highest BCUT2D eigenvalue weighted by Crippen LogP contribution is 2.26. The highest BCUT2D eigenvalue weighted by atomic mass is 19.1. The van der Waals surface area contributed by atoms with E-state index >= 15 is 0 Å². The number of anilines is 1. The molecule has 0 bridgehead atoms. The Balaban J connectivity index is 1.72. The number of nitrogens with one attached hydrogen (secondary N) is 2. The SMILES string of the molecule is C[C@@H](Nc1ncnc2[nH]cnc12)c1cc2cccc(F)c2c(=O)n1-c1cccc(F)c1. The van der Waals surface area contributed by atoms with E-state index < -0.39 is 23.2 Å². The van der Waals surface area contributed by atoms with Crippen LogP contribution in [-0.4, -0.2) is 24.5 Å². The maximum Gasteiger partial charge on any atom is 0.266 e. The maximum atomic E-state index is 14.5. The zero-order valence-corrected chi connectivity index (χ0v) is 16.3. The number of fused-ring (bicyclic) bond motifs is 2. The number of nitrogens with zero attached hydrogens (tertiary/aromatic N) is 4. The van der Waals surface area contributed by atoms with Crippen LogP contribution < -0.4 is 10.9 Å². The van der Waals surface area contributed by atoms with Crippen molar-refractivity contribution < 1.29 is 8.78 Å². The lowest BCUT2D eigenvalue weighted by Gasteiger charge is -2.21. The first-order chi connectivity index (χ1) is 15.0. The number of benzene rings is 2. The van der Waals surface area contributed by atoms with Crippen LogP contribution in [0.2, 0.25) is 0 Å². The summed E-state index contributed by atoms with van der Waals surface area (Å²) in [7, 11) is 0. The van der Waals surface area contributed by atoms with E-state index in [0.29, 0.717) is 33.7 Å². The van der Waals surface area contributed by atoms with Gasteiger partial charge in [0.2, 0.25) is 0 Å². The predicted molar refractivity (Wildman–Crippen MR) is 113 cm³/mol. The molecule has 2 N–H and O–H groups in total. The Morgan fingerprint density at radius 2 is 1.90 bits per heavy atom. The Morgan fingerprint density at radius 3 is 2.74 bits per heavy atom. The molecule has 2 aromatic carbocycles. The normalized spacial score (nSPS) is 12.4. The van der Waals surface area contributed by atoms with Gasteiger partial charge in [0.1, 0.15) is 23.5 Å². The van der Waals surface area contributed by atoms with Gasteiger partial charge in [-0.3, -0.25) is 9.36 Å². The lowest BCUT2D eigenvalue weighted by Crippen LogP contribution is -2.26. The lowest BCUT2D eigenvalue weighted by atomic mass is 10.1. The van der Waals surface area contributed by atoms with Gasteiger partial charge in [-0.1, -0.05) is 18.2 Å². The molecule has 31 heavy (non-hydrogen) atoms. The molecule has 5 aromatic rings. The van der Waals surface area contributed by atoms with Crippen LogP contribution in [0, 0.1) is 11.6 Å². The summed E-state index contributed by atoms with van der Waals surface area (Å²) >= 11 is 0. The molecule has 154 valence electrons. The zero-order chi connectivity index (χ0) is 21.5. The van der Waals surface area contributed by atoms with E-state index in [1.54, 1.807) is 24.3 Å². The van der Waals surface area contributed by atoms with E-state index in [1.807, 2.05) is 6.92 Å². The van der Waals surface area contributed by atoms with Gasteiger partial charge in [0.05, 0.1) is 23.4 Å². The number of halogens is 2. The van der Waals surface area contributed by atoms with E-state index in [0.717, 1.165) is 0 Å². The Labute approximate surface area is 174 Å². The van der Waals surface area contributed by atoms with Crippen molar-refractivity contribution in [3.05, 3.63) is 88.9 Å². The van der Waals surface area contributed by atoms with Crippen LogP contribution in [0.15, 0.2) is 66.0 Å². The van der Waals surface area contributed by atoms with Crippen molar-refractivity contribution in [3.63, 3.8) is 0 Å². The third-order valence-electron chi connectivity index (χ3n) is 5.10. The molecule has 0 saturated heterocycles. The summed E-state index contributed by atoms with van der Waals surface area (Å²) in [6.07, 6.45) is 2.90. The molecule has 0 unspecified atom stereocenters. The standard InChI is InChI=1S/C22H16F2N6O/c1-12(29-21-19-20(26-10-25-19)27-11-28-21)17-8-13-4-2-7-16(24)18(13)22(31)30(17)15-6-3-5-14(23)9-15/h2-12H,1H3,(H2,25,26,27,28,29)/t12-/m1/s1. The second-order valence-electron chi connectivity index (χ2n) is 7.08. The number of imidazole rings is 1. The topological polar surface area (TPSA) is 88.5 Å². The molecule has 0 fully saturated rings. The van der Waals surface area contributed by atoms with Crippen molar-refractivity contribution in [2.24, 2.45) is 0 Å².